The number of amides is 3. The van der Waals surface area contributed by atoms with Gasteiger partial charge in [-0.2, -0.15) is 0 Å². The lowest BCUT2D eigenvalue weighted by Crippen LogP contribution is -2.31. The Hall–Kier alpha value is -3.23. The number of esters is 1. The standard InChI is InChI=1S/C23H23ClN2O6/c1-14(15-4-7-17(24)8-5-15)25-20(27)13-32-23(30)16-6-9-18-19(12-16)22(29)26(21(18)28)10-3-11-31-2/h4-9,12,14H,3,10-11,13H2,1-2H3,(H,25,27). The molecule has 0 saturated carbocycles. The zero-order valence-electron chi connectivity index (χ0n) is 17.7. The Bertz CT molecular complexity index is 1040. The van der Waals surface area contributed by atoms with Crippen LogP contribution in [-0.2, 0) is 14.3 Å². The van der Waals surface area contributed by atoms with Gasteiger partial charge in [0.1, 0.15) is 0 Å². The van der Waals surface area contributed by atoms with Crippen molar-refractivity contribution in [1.82, 2.24) is 10.2 Å². The first-order valence-electron chi connectivity index (χ1n) is 10.0. The lowest BCUT2D eigenvalue weighted by atomic mass is 10.1. The summed E-state index contributed by atoms with van der Waals surface area (Å²) in [6.07, 6.45) is 0.514. The van der Waals surface area contributed by atoms with E-state index in [1.165, 1.54) is 18.2 Å². The summed E-state index contributed by atoms with van der Waals surface area (Å²) in [5, 5.41) is 3.32. The van der Waals surface area contributed by atoms with E-state index in [0.29, 0.717) is 18.1 Å². The van der Waals surface area contributed by atoms with E-state index < -0.39 is 30.3 Å². The first kappa shape index (κ1) is 23.4. The van der Waals surface area contributed by atoms with Gasteiger partial charge < -0.3 is 14.8 Å². The Balaban J connectivity index is 1.57. The zero-order valence-corrected chi connectivity index (χ0v) is 18.5. The molecule has 3 amide bonds. The van der Waals surface area contributed by atoms with Crippen LogP contribution in [0.15, 0.2) is 42.5 Å². The number of imide groups is 1. The second kappa shape index (κ2) is 10.4. The average Bonchev–Trinajstić information content (AvgIpc) is 3.02. The maximum Gasteiger partial charge on any atom is 0.338 e. The largest absolute Gasteiger partial charge is 0.452 e. The van der Waals surface area contributed by atoms with Gasteiger partial charge in [0.25, 0.3) is 17.7 Å². The predicted molar refractivity (Wildman–Crippen MR) is 117 cm³/mol. The van der Waals surface area contributed by atoms with Crippen molar-refractivity contribution in [3.8, 4) is 0 Å². The molecule has 1 aliphatic heterocycles. The summed E-state index contributed by atoms with van der Waals surface area (Å²) in [5.41, 5.74) is 1.31. The van der Waals surface area contributed by atoms with Crippen LogP contribution < -0.4 is 5.32 Å². The molecule has 1 unspecified atom stereocenters. The van der Waals surface area contributed by atoms with Gasteiger partial charge in [-0.1, -0.05) is 23.7 Å². The third kappa shape index (κ3) is 5.33. The number of methoxy groups -OCH3 is 1. The fourth-order valence-electron chi connectivity index (χ4n) is 3.32. The monoisotopic (exact) mass is 458 g/mol. The molecule has 9 heteroatoms. The van der Waals surface area contributed by atoms with Crippen LogP contribution in [0.2, 0.25) is 5.02 Å². The van der Waals surface area contributed by atoms with E-state index in [1.54, 1.807) is 38.3 Å². The molecule has 32 heavy (non-hydrogen) atoms. The molecule has 0 bridgehead atoms. The Labute approximate surface area is 190 Å². The number of benzene rings is 2. The van der Waals surface area contributed by atoms with Crippen molar-refractivity contribution in [3.05, 3.63) is 69.7 Å². The molecule has 2 aromatic rings. The fourth-order valence-corrected chi connectivity index (χ4v) is 3.45. The van der Waals surface area contributed by atoms with Crippen LogP contribution >= 0.6 is 11.6 Å². The van der Waals surface area contributed by atoms with E-state index in [1.807, 2.05) is 0 Å². The normalized spacial score (nSPS) is 13.7. The smallest absolute Gasteiger partial charge is 0.338 e. The van der Waals surface area contributed by atoms with E-state index in [4.69, 9.17) is 21.1 Å². The van der Waals surface area contributed by atoms with Crippen LogP contribution in [0, 0.1) is 0 Å². The second-order valence-corrected chi connectivity index (χ2v) is 7.72. The molecular formula is C23H23ClN2O6. The molecule has 1 heterocycles. The molecule has 1 N–H and O–H groups in total. The van der Waals surface area contributed by atoms with Crippen LogP contribution in [0.4, 0.5) is 0 Å². The Morgan fingerprint density at radius 1 is 1.06 bits per heavy atom. The highest BCUT2D eigenvalue weighted by molar-refractivity contribution is 6.30. The maximum atomic E-state index is 12.6. The summed E-state index contributed by atoms with van der Waals surface area (Å²) in [7, 11) is 1.54. The van der Waals surface area contributed by atoms with E-state index in [0.717, 1.165) is 10.5 Å². The van der Waals surface area contributed by atoms with Gasteiger partial charge in [0, 0.05) is 25.3 Å². The molecular weight excluding hydrogens is 436 g/mol. The van der Waals surface area contributed by atoms with E-state index in [-0.39, 0.29) is 29.3 Å². The van der Waals surface area contributed by atoms with Crippen LogP contribution in [0.3, 0.4) is 0 Å². The maximum absolute atomic E-state index is 12.6. The summed E-state index contributed by atoms with van der Waals surface area (Å²) >= 11 is 5.86. The van der Waals surface area contributed by atoms with Crippen LogP contribution in [-0.4, -0.2) is 55.5 Å². The van der Waals surface area contributed by atoms with Gasteiger partial charge in [-0.25, -0.2) is 4.79 Å². The van der Waals surface area contributed by atoms with Gasteiger partial charge in [0.2, 0.25) is 0 Å². The van der Waals surface area contributed by atoms with Gasteiger partial charge in [-0.3, -0.25) is 19.3 Å². The molecule has 1 aliphatic rings. The van der Waals surface area contributed by atoms with Crippen molar-refractivity contribution >= 4 is 35.3 Å². The number of nitrogens with one attached hydrogen (secondary N) is 1. The molecule has 0 aliphatic carbocycles. The molecule has 0 saturated heterocycles. The van der Waals surface area contributed by atoms with Crippen molar-refractivity contribution in [2.24, 2.45) is 0 Å². The van der Waals surface area contributed by atoms with E-state index >= 15 is 0 Å². The van der Waals surface area contributed by atoms with Gasteiger partial charge in [0.05, 0.1) is 22.7 Å². The Kier molecular flexibility index (Phi) is 7.61. The van der Waals surface area contributed by atoms with Gasteiger partial charge in [0.15, 0.2) is 6.61 Å². The molecule has 168 valence electrons. The van der Waals surface area contributed by atoms with Gasteiger partial charge >= 0.3 is 5.97 Å². The predicted octanol–water partition coefficient (Wildman–Crippen LogP) is 3.01. The lowest BCUT2D eigenvalue weighted by molar-refractivity contribution is -0.124. The molecule has 0 aromatic heterocycles. The topological polar surface area (TPSA) is 102 Å². The number of fused-ring (bicyclic) bond motifs is 1. The second-order valence-electron chi connectivity index (χ2n) is 7.29. The third-order valence-corrected chi connectivity index (χ3v) is 5.27. The number of halogens is 1. The Morgan fingerprint density at radius 2 is 1.75 bits per heavy atom. The van der Waals surface area contributed by atoms with Crippen molar-refractivity contribution in [1.29, 1.82) is 0 Å². The molecule has 0 spiro atoms. The number of nitrogens with zero attached hydrogens (tertiary/aromatic N) is 1. The van der Waals surface area contributed by atoms with Crippen LogP contribution in [0.25, 0.3) is 0 Å². The minimum Gasteiger partial charge on any atom is -0.452 e. The number of carbonyl (C=O) groups is 4. The Morgan fingerprint density at radius 3 is 2.44 bits per heavy atom. The number of rotatable bonds is 9. The lowest BCUT2D eigenvalue weighted by Gasteiger charge is -2.14. The van der Waals surface area contributed by atoms with Crippen molar-refractivity contribution < 1.29 is 28.7 Å². The quantitative estimate of drug-likeness (QED) is 0.352. The van der Waals surface area contributed by atoms with Crippen molar-refractivity contribution in [2.45, 2.75) is 19.4 Å². The summed E-state index contributed by atoms with van der Waals surface area (Å²) in [4.78, 5) is 50.6. The highest BCUT2D eigenvalue weighted by Gasteiger charge is 2.35. The first-order valence-corrected chi connectivity index (χ1v) is 10.4. The molecule has 2 aromatic carbocycles. The summed E-state index contributed by atoms with van der Waals surface area (Å²) in [6.45, 7) is 1.96. The summed E-state index contributed by atoms with van der Waals surface area (Å²) in [5.74, 6) is -2.11. The van der Waals surface area contributed by atoms with Crippen LogP contribution in [0.5, 0.6) is 0 Å². The highest BCUT2D eigenvalue weighted by atomic mass is 35.5. The van der Waals surface area contributed by atoms with Gasteiger partial charge in [-0.05, 0) is 49.2 Å². The molecule has 8 nitrogen and oxygen atoms in total. The SMILES string of the molecule is COCCCN1C(=O)c2ccc(C(=O)OCC(=O)NC(C)c3ccc(Cl)cc3)cc2C1=O. The van der Waals surface area contributed by atoms with E-state index in [2.05, 4.69) is 5.32 Å². The molecule has 3 rings (SSSR count). The molecule has 0 fully saturated rings. The van der Waals surface area contributed by atoms with Crippen molar-refractivity contribution in [2.75, 3.05) is 26.9 Å². The van der Waals surface area contributed by atoms with Gasteiger partial charge in [-0.15, -0.1) is 0 Å². The minimum atomic E-state index is -0.764. The third-order valence-electron chi connectivity index (χ3n) is 5.02. The molecule has 0 radical (unpaired) electrons. The number of carbonyl (C=O) groups excluding carboxylic acids is 4. The number of ether oxygens (including phenoxy) is 2. The number of hydrogen-bond acceptors (Lipinski definition) is 6. The molecule has 1 atom stereocenters. The summed E-state index contributed by atoms with van der Waals surface area (Å²) in [6, 6.07) is 10.9. The minimum absolute atomic E-state index is 0.0854. The van der Waals surface area contributed by atoms with E-state index in [9.17, 15) is 19.2 Å². The zero-order chi connectivity index (χ0) is 23.3. The average molecular weight is 459 g/mol. The summed E-state index contributed by atoms with van der Waals surface area (Å²) < 4.78 is 10.0. The highest BCUT2D eigenvalue weighted by Crippen LogP contribution is 2.24. The number of hydrogen-bond donors (Lipinski definition) is 1. The first-order chi connectivity index (χ1) is 15.3. The fraction of sp³-hybridized carbons (Fsp3) is 0.304. The van der Waals surface area contributed by atoms with Crippen LogP contribution in [0.1, 0.15) is 56.0 Å². The van der Waals surface area contributed by atoms with Crippen molar-refractivity contribution in [3.63, 3.8) is 0 Å².